The highest BCUT2D eigenvalue weighted by atomic mass is 32.1. The minimum absolute atomic E-state index is 0.314. The predicted molar refractivity (Wildman–Crippen MR) is 219 cm³/mol. The van der Waals surface area contributed by atoms with Gasteiger partial charge < -0.3 is 9.73 Å². The molecule has 10 aromatic rings. The van der Waals surface area contributed by atoms with Gasteiger partial charge in [-0.1, -0.05) is 121 Å². The number of fused-ring (bicyclic) bond motifs is 8. The zero-order valence-electron chi connectivity index (χ0n) is 27.9. The number of nitrogens with one attached hydrogen (secondary N) is 1. The number of nitrogens with zero attached hydrogens (tertiary/aromatic N) is 2. The molecule has 1 aliphatic rings. The summed E-state index contributed by atoms with van der Waals surface area (Å²) in [5.41, 5.74) is 7.25. The molecule has 0 radical (unpaired) electrons. The van der Waals surface area contributed by atoms with Crippen LogP contribution in [0, 0.1) is 0 Å². The zero-order chi connectivity index (χ0) is 34.2. The number of amidine groups is 2. The van der Waals surface area contributed by atoms with Crippen molar-refractivity contribution in [2.75, 3.05) is 0 Å². The van der Waals surface area contributed by atoms with Gasteiger partial charge in [0.25, 0.3) is 0 Å². The number of hydrogen-bond donors (Lipinski definition) is 1. The number of thiophene rings is 1. The molecule has 52 heavy (non-hydrogen) atoms. The molecular weight excluding hydrogens is 655 g/mol. The second kappa shape index (κ2) is 11.5. The first kappa shape index (κ1) is 29.2. The van der Waals surface area contributed by atoms with Crippen molar-refractivity contribution in [3.63, 3.8) is 0 Å². The Morgan fingerprint density at radius 1 is 0.519 bits per heavy atom. The summed E-state index contributed by atoms with van der Waals surface area (Å²) < 4.78 is 8.71. The number of furan rings is 1. The average molecular weight is 684 g/mol. The van der Waals surface area contributed by atoms with Gasteiger partial charge in [0.1, 0.15) is 23.2 Å². The van der Waals surface area contributed by atoms with Crippen LogP contribution < -0.4 is 5.32 Å². The van der Waals surface area contributed by atoms with Gasteiger partial charge in [-0.25, -0.2) is 9.98 Å². The summed E-state index contributed by atoms with van der Waals surface area (Å²) in [6.45, 7) is 0. The molecule has 1 atom stereocenters. The fourth-order valence-electron chi connectivity index (χ4n) is 7.77. The Kier molecular flexibility index (Phi) is 6.45. The summed E-state index contributed by atoms with van der Waals surface area (Å²) in [5.74, 6) is 1.54. The molecule has 0 saturated carbocycles. The average Bonchev–Trinajstić information content (AvgIpc) is 3.79. The van der Waals surface area contributed by atoms with E-state index in [4.69, 9.17) is 14.4 Å². The van der Waals surface area contributed by atoms with Gasteiger partial charge in [-0.05, 0) is 80.7 Å². The van der Waals surface area contributed by atoms with Crippen LogP contribution in [0.5, 0.6) is 0 Å². The van der Waals surface area contributed by atoms with Crippen LogP contribution in [0.3, 0.4) is 0 Å². The molecule has 2 aromatic heterocycles. The summed E-state index contributed by atoms with van der Waals surface area (Å²) in [7, 11) is 0. The van der Waals surface area contributed by atoms with Gasteiger partial charge in [0.15, 0.2) is 5.84 Å². The van der Waals surface area contributed by atoms with Crippen LogP contribution in [-0.2, 0) is 0 Å². The molecule has 0 saturated heterocycles. The molecule has 0 bridgehead atoms. The molecule has 0 amide bonds. The lowest BCUT2D eigenvalue weighted by atomic mass is 9.96. The minimum atomic E-state index is -0.314. The maximum absolute atomic E-state index is 6.23. The second-order valence-electron chi connectivity index (χ2n) is 13.4. The fraction of sp³-hybridized carbons (Fsp3) is 0.0213. The van der Waals surface area contributed by atoms with E-state index in [0.717, 1.165) is 66.4 Å². The Balaban J connectivity index is 1.07. The van der Waals surface area contributed by atoms with Crippen LogP contribution in [0.15, 0.2) is 178 Å². The van der Waals surface area contributed by atoms with Gasteiger partial charge in [0.2, 0.25) is 0 Å². The molecule has 5 heteroatoms. The van der Waals surface area contributed by atoms with Crippen molar-refractivity contribution < 1.29 is 4.42 Å². The summed E-state index contributed by atoms with van der Waals surface area (Å²) in [6.07, 6.45) is -0.314. The normalized spacial score (nSPS) is 14.7. The Morgan fingerprint density at radius 2 is 1.21 bits per heavy atom. The van der Waals surface area contributed by atoms with E-state index in [1.54, 1.807) is 0 Å². The first-order valence-corrected chi connectivity index (χ1v) is 18.3. The molecule has 0 fully saturated rings. The van der Waals surface area contributed by atoms with Crippen molar-refractivity contribution in [1.82, 2.24) is 5.32 Å². The Hall–Kier alpha value is -6.56. The molecule has 8 aromatic carbocycles. The first-order valence-electron chi connectivity index (χ1n) is 17.5. The van der Waals surface area contributed by atoms with E-state index in [-0.39, 0.29) is 6.17 Å². The van der Waals surface area contributed by atoms with Crippen molar-refractivity contribution >= 4 is 86.7 Å². The zero-order valence-corrected chi connectivity index (χ0v) is 28.7. The van der Waals surface area contributed by atoms with Gasteiger partial charge >= 0.3 is 0 Å². The third kappa shape index (κ3) is 4.67. The van der Waals surface area contributed by atoms with Crippen LogP contribution >= 0.6 is 11.3 Å². The molecule has 1 N–H and O–H groups in total. The van der Waals surface area contributed by atoms with Gasteiger partial charge in [0.05, 0.1) is 0 Å². The van der Waals surface area contributed by atoms with Crippen LogP contribution in [0.4, 0.5) is 0 Å². The fourth-order valence-corrected chi connectivity index (χ4v) is 8.98. The molecule has 1 aliphatic heterocycles. The lowest BCUT2D eigenvalue weighted by molar-refractivity contribution is 0.669. The molecule has 3 heterocycles. The van der Waals surface area contributed by atoms with E-state index in [2.05, 4.69) is 151 Å². The topological polar surface area (TPSA) is 49.9 Å². The monoisotopic (exact) mass is 683 g/mol. The maximum Gasteiger partial charge on any atom is 0.159 e. The number of aliphatic imine (C=N–C) groups is 2. The predicted octanol–water partition coefficient (Wildman–Crippen LogP) is 12.4. The number of hydrogen-bond acceptors (Lipinski definition) is 5. The highest BCUT2D eigenvalue weighted by molar-refractivity contribution is 7.26. The summed E-state index contributed by atoms with van der Waals surface area (Å²) in [6, 6.07) is 58.0. The third-order valence-corrected chi connectivity index (χ3v) is 11.5. The number of benzene rings is 8. The van der Waals surface area contributed by atoms with Gasteiger partial charge in [0, 0.05) is 42.1 Å². The van der Waals surface area contributed by atoms with E-state index in [1.807, 2.05) is 29.5 Å². The van der Waals surface area contributed by atoms with Crippen LogP contribution in [-0.4, -0.2) is 11.7 Å². The van der Waals surface area contributed by atoms with E-state index in [9.17, 15) is 0 Å². The van der Waals surface area contributed by atoms with Crippen molar-refractivity contribution in [1.29, 1.82) is 0 Å². The van der Waals surface area contributed by atoms with E-state index in [0.29, 0.717) is 5.84 Å². The molecule has 11 rings (SSSR count). The highest BCUT2D eigenvalue weighted by Gasteiger charge is 2.24. The highest BCUT2D eigenvalue weighted by Crippen LogP contribution is 2.39. The lowest BCUT2D eigenvalue weighted by Crippen LogP contribution is -2.33. The van der Waals surface area contributed by atoms with Crippen LogP contribution in [0.2, 0.25) is 0 Å². The van der Waals surface area contributed by atoms with Gasteiger partial charge in [-0.3, -0.25) is 0 Å². The third-order valence-electron chi connectivity index (χ3n) is 10.3. The second-order valence-corrected chi connectivity index (χ2v) is 14.5. The number of rotatable bonds is 4. The molecule has 0 spiro atoms. The SMILES string of the molecule is c1ccc2cc(C3N=C(c4ccc5ccc(-c6cccc7oc8ccccc8c67)cc5c4)N=C(c4cccc5c4sc4ccccc45)N3)ccc2c1. The molecular formula is C47H29N3OS. The lowest BCUT2D eigenvalue weighted by Gasteiger charge is -2.24. The largest absolute Gasteiger partial charge is 0.456 e. The van der Waals surface area contributed by atoms with Crippen molar-refractivity contribution in [2.45, 2.75) is 6.17 Å². The molecule has 4 nitrogen and oxygen atoms in total. The summed E-state index contributed by atoms with van der Waals surface area (Å²) in [4.78, 5) is 10.6. The maximum atomic E-state index is 6.23. The van der Waals surface area contributed by atoms with Crippen molar-refractivity contribution in [3.05, 3.63) is 180 Å². The number of para-hydroxylation sites is 1. The molecule has 244 valence electrons. The van der Waals surface area contributed by atoms with Crippen LogP contribution in [0.25, 0.3) is 74.8 Å². The Labute approximate surface area is 303 Å². The smallest absolute Gasteiger partial charge is 0.159 e. The first-order chi connectivity index (χ1) is 25.7. The molecule has 0 aliphatic carbocycles. The van der Waals surface area contributed by atoms with Gasteiger partial charge in [-0.15, -0.1) is 11.3 Å². The van der Waals surface area contributed by atoms with E-state index in [1.165, 1.54) is 30.9 Å². The van der Waals surface area contributed by atoms with Gasteiger partial charge in [-0.2, -0.15) is 0 Å². The minimum Gasteiger partial charge on any atom is -0.456 e. The Morgan fingerprint density at radius 3 is 2.15 bits per heavy atom. The quantitative estimate of drug-likeness (QED) is 0.201. The Bertz CT molecular complexity index is 3130. The standard InChI is InChI=1S/C47H29N3OS/c1-2-10-30-25-32(23-20-28(30)9-1)45-48-46(50-47(49-45)39-15-7-14-37-36-11-4-6-18-42(36)52-44(37)39)33-24-21-29-19-22-31(26-34(29)27-33)35-13-8-17-41-43(35)38-12-3-5-16-40(38)51-41/h1-27,45H,(H,48,49,50). The van der Waals surface area contributed by atoms with E-state index < -0.39 is 0 Å². The molecule has 1 unspecified atom stereocenters. The van der Waals surface area contributed by atoms with Crippen molar-refractivity contribution in [3.8, 4) is 11.1 Å². The van der Waals surface area contributed by atoms with Crippen molar-refractivity contribution in [2.24, 2.45) is 9.98 Å². The summed E-state index contributed by atoms with van der Waals surface area (Å²) >= 11 is 1.81. The summed E-state index contributed by atoms with van der Waals surface area (Å²) in [5, 5.41) is 13.2. The van der Waals surface area contributed by atoms with Crippen LogP contribution in [0.1, 0.15) is 22.9 Å². The van der Waals surface area contributed by atoms with E-state index >= 15 is 0 Å².